The standard InChI is InChI=1S/C26H38ClF/c1-3-5-6-8-23-17-18-24(26(28)25(23)27)22-15-13-21(14-16-22)20-11-9-19(7-4-2)10-12-20/h15,17-21H,3-14,16H2,1-2H3. The van der Waals surface area contributed by atoms with Crippen molar-refractivity contribution in [1.29, 1.82) is 0 Å². The summed E-state index contributed by atoms with van der Waals surface area (Å²) in [7, 11) is 0. The summed E-state index contributed by atoms with van der Waals surface area (Å²) < 4.78 is 15.0. The van der Waals surface area contributed by atoms with Crippen molar-refractivity contribution in [3.63, 3.8) is 0 Å². The summed E-state index contributed by atoms with van der Waals surface area (Å²) in [6.45, 7) is 4.49. The lowest BCUT2D eigenvalue weighted by molar-refractivity contribution is 0.189. The van der Waals surface area contributed by atoms with Crippen molar-refractivity contribution in [2.45, 2.75) is 97.3 Å². The maximum Gasteiger partial charge on any atom is 0.149 e. The average Bonchev–Trinajstić information content (AvgIpc) is 2.72. The van der Waals surface area contributed by atoms with Gasteiger partial charge in [-0.25, -0.2) is 4.39 Å². The van der Waals surface area contributed by atoms with E-state index in [4.69, 9.17) is 11.6 Å². The van der Waals surface area contributed by atoms with Crippen LogP contribution >= 0.6 is 11.6 Å². The predicted octanol–water partition coefficient (Wildman–Crippen LogP) is 9.00. The van der Waals surface area contributed by atoms with Gasteiger partial charge in [-0.1, -0.05) is 82.2 Å². The second-order valence-corrected chi connectivity index (χ2v) is 9.57. The predicted molar refractivity (Wildman–Crippen MR) is 120 cm³/mol. The minimum Gasteiger partial charge on any atom is -0.205 e. The maximum absolute atomic E-state index is 15.0. The summed E-state index contributed by atoms with van der Waals surface area (Å²) >= 11 is 6.38. The average molecular weight is 405 g/mol. The molecule has 2 aliphatic carbocycles. The molecule has 0 N–H and O–H groups in total. The molecule has 28 heavy (non-hydrogen) atoms. The molecule has 0 aliphatic heterocycles. The van der Waals surface area contributed by atoms with Gasteiger partial charge >= 0.3 is 0 Å². The van der Waals surface area contributed by atoms with Crippen LogP contribution in [0.4, 0.5) is 4.39 Å². The Hall–Kier alpha value is -0.820. The summed E-state index contributed by atoms with van der Waals surface area (Å²) in [6.07, 6.45) is 18.4. The van der Waals surface area contributed by atoms with E-state index in [-0.39, 0.29) is 5.82 Å². The van der Waals surface area contributed by atoms with E-state index in [9.17, 15) is 4.39 Å². The minimum atomic E-state index is -0.194. The molecule has 1 fully saturated rings. The molecule has 0 saturated heterocycles. The topological polar surface area (TPSA) is 0 Å². The second kappa shape index (κ2) is 10.8. The Morgan fingerprint density at radius 3 is 2.39 bits per heavy atom. The van der Waals surface area contributed by atoms with Gasteiger partial charge in [-0.15, -0.1) is 0 Å². The van der Waals surface area contributed by atoms with Crippen molar-refractivity contribution in [3.05, 3.63) is 40.2 Å². The Balaban J connectivity index is 1.59. The molecule has 0 amide bonds. The van der Waals surface area contributed by atoms with Crippen LogP contribution in [0.1, 0.15) is 102 Å². The molecule has 1 atom stereocenters. The Labute approximate surface area is 176 Å². The van der Waals surface area contributed by atoms with Gasteiger partial charge in [0.05, 0.1) is 5.02 Å². The third-order valence-electron chi connectivity index (χ3n) is 7.26. The third kappa shape index (κ3) is 5.41. The number of aryl methyl sites for hydroxylation is 1. The fraction of sp³-hybridized carbons (Fsp3) is 0.692. The van der Waals surface area contributed by atoms with Crippen molar-refractivity contribution in [1.82, 2.24) is 0 Å². The molecule has 1 unspecified atom stereocenters. The van der Waals surface area contributed by atoms with Crippen LogP contribution in [0.15, 0.2) is 18.2 Å². The van der Waals surface area contributed by atoms with Crippen LogP contribution < -0.4 is 0 Å². The summed E-state index contributed by atoms with van der Waals surface area (Å²) in [5.74, 6) is 2.47. The quantitative estimate of drug-likeness (QED) is 0.379. The Bertz CT molecular complexity index is 655. The second-order valence-electron chi connectivity index (χ2n) is 9.19. The first kappa shape index (κ1) is 21.9. The molecule has 1 saturated carbocycles. The number of hydrogen-bond acceptors (Lipinski definition) is 0. The molecule has 1 aromatic carbocycles. The summed E-state index contributed by atoms with van der Waals surface area (Å²) in [5.41, 5.74) is 2.89. The van der Waals surface area contributed by atoms with Gasteiger partial charge in [0, 0.05) is 5.56 Å². The van der Waals surface area contributed by atoms with Crippen LogP contribution in [0, 0.1) is 23.6 Å². The molecule has 0 heterocycles. The van der Waals surface area contributed by atoms with E-state index < -0.39 is 0 Å². The Morgan fingerprint density at radius 2 is 1.75 bits per heavy atom. The van der Waals surface area contributed by atoms with Crippen molar-refractivity contribution in [2.24, 2.45) is 17.8 Å². The van der Waals surface area contributed by atoms with E-state index in [1.54, 1.807) is 0 Å². The lowest BCUT2D eigenvalue weighted by Crippen LogP contribution is -2.23. The van der Waals surface area contributed by atoms with Gasteiger partial charge in [0.1, 0.15) is 5.82 Å². The largest absolute Gasteiger partial charge is 0.205 e. The molecule has 2 heteroatoms. The molecular formula is C26H38ClF. The first-order chi connectivity index (χ1) is 13.6. The SMILES string of the molecule is CCCCCc1ccc(C2=CCC(C3CCC(CCC)CC3)CC2)c(F)c1Cl. The number of hydrogen-bond donors (Lipinski definition) is 0. The van der Waals surface area contributed by atoms with Gasteiger partial charge in [0.25, 0.3) is 0 Å². The molecule has 0 aromatic heterocycles. The van der Waals surface area contributed by atoms with Gasteiger partial charge in [-0.3, -0.25) is 0 Å². The van der Waals surface area contributed by atoms with Gasteiger partial charge in [0.15, 0.2) is 0 Å². The monoisotopic (exact) mass is 404 g/mol. The van der Waals surface area contributed by atoms with Crippen LogP contribution in [0.5, 0.6) is 0 Å². The molecule has 3 rings (SSSR count). The summed E-state index contributed by atoms with van der Waals surface area (Å²) in [4.78, 5) is 0. The van der Waals surface area contributed by atoms with E-state index in [1.165, 1.54) is 63.4 Å². The van der Waals surface area contributed by atoms with Gasteiger partial charge in [0.2, 0.25) is 0 Å². The lowest BCUT2D eigenvalue weighted by atomic mass is 9.70. The lowest BCUT2D eigenvalue weighted by Gasteiger charge is -2.35. The molecular weight excluding hydrogens is 367 g/mol. The first-order valence-corrected chi connectivity index (χ1v) is 12.2. The van der Waals surface area contributed by atoms with Crippen molar-refractivity contribution in [3.8, 4) is 0 Å². The fourth-order valence-electron chi connectivity index (χ4n) is 5.48. The number of rotatable bonds is 8. The normalized spacial score (nSPS) is 25.6. The zero-order valence-corrected chi connectivity index (χ0v) is 18.7. The fourth-order valence-corrected chi connectivity index (χ4v) is 5.74. The van der Waals surface area contributed by atoms with E-state index in [0.29, 0.717) is 5.02 Å². The highest BCUT2D eigenvalue weighted by Gasteiger charge is 2.29. The van der Waals surface area contributed by atoms with Gasteiger partial charge in [-0.2, -0.15) is 0 Å². The number of allylic oxidation sites excluding steroid dienone is 2. The zero-order chi connectivity index (χ0) is 19.9. The van der Waals surface area contributed by atoms with Crippen molar-refractivity contribution < 1.29 is 4.39 Å². The summed E-state index contributed by atoms with van der Waals surface area (Å²) in [5, 5.41) is 0.353. The van der Waals surface area contributed by atoms with Crippen LogP contribution in [0.3, 0.4) is 0 Å². The van der Waals surface area contributed by atoms with Crippen molar-refractivity contribution in [2.75, 3.05) is 0 Å². The van der Waals surface area contributed by atoms with Crippen LogP contribution in [0.2, 0.25) is 5.02 Å². The van der Waals surface area contributed by atoms with Crippen molar-refractivity contribution >= 4 is 17.2 Å². The zero-order valence-electron chi connectivity index (χ0n) is 17.9. The molecule has 1 aromatic rings. The smallest absolute Gasteiger partial charge is 0.149 e. The van der Waals surface area contributed by atoms with E-state index in [2.05, 4.69) is 26.0 Å². The molecule has 2 aliphatic rings. The van der Waals surface area contributed by atoms with Crippen LogP contribution in [0.25, 0.3) is 5.57 Å². The molecule has 0 radical (unpaired) electrons. The van der Waals surface area contributed by atoms with Crippen LogP contribution in [-0.4, -0.2) is 0 Å². The minimum absolute atomic E-state index is 0.194. The number of benzene rings is 1. The molecule has 0 bridgehead atoms. The number of halogens is 2. The number of unbranched alkanes of at least 4 members (excludes halogenated alkanes) is 2. The first-order valence-electron chi connectivity index (χ1n) is 11.8. The van der Waals surface area contributed by atoms with Gasteiger partial charge < -0.3 is 0 Å². The highest BCUT2D eigenvalue weighted by molar-refractivity contribution is 6.31. The Morgan fingerprint density at radius 1 is 0.964 bits per heavy atom. The third-order valence-corrected chi connectivity index (χ3v) is 7.67. The Kier molecular flexibility index (Phi) is 8.45. The maximum atomic E-state index is 15.0. The van der Waals surface area contributed by atoms with E-state index in [1.807, 2.05) is 6.07 Å². The summed E-state index contributed by atoms with van der Waals surface area (Å²) in [6, 6.07) is 4.03. The molecule has 0 nitrogen and oxygen atoms in total. The highest BCUT2D eigenvalue weighted by atomic mass is 35.5. The molecule has 156 valence electrons. The van der Waals surface area contributed by atoms with E-state index >= 15 is 0 Å². The highest BCUT2D eigenvalue weighted by Crippen LogP contribution is 2.42. The van der Waals surface area contributed by atoms with Gasteiger partial charge in [-0.05, 0) is 73.8 Å². The van der Waals surface area contributed by atoms with E-state index in [0.717, 1.165) is 54.6 Å². The molecule has 0 spiro atoms. The van der Waals surface area contributed by atoms with Crippen LogP contribution in [-0.2, 0) is 6.42 Å².